The molecule has 1 aliphatic heterocycles. The van der Waals surface area contributed by atoms with Crippen molar-refractivity contribution in [3.05, 3.63) is 58.1 Å². The highest BCUT2D eigenvalue weighted by atomic mass is 35.5. The number of aromatic nitrogens is 5. The van der Waals surface area contributed by atoms with Crippen LogP contribution in [0.4, 0.5) is 0 Å². The summed E-state index contributed by atoms with van der Waals surface area (Å²) >= 11 is 13.8. The Balaban J connectivity index is 1.68. The van der Waals surface area contributed by atoms with Crippen molar-refractivity contribution in [1.29, 1.82) is 0 Å². The van der Waals surface area contributed by atoms with Gasteiger partial charge < -0.3 is 4.90 Å². The number of thioether (sulfide) groups is 1. The molecule has 1 aliphatic rings. The Hall–Kier alpha value is -2.16. The third-order valence-corrected chi connectivity index (χ3v) is 6.33. The van der Waals surface area contributed by atoms with Gasteiger partial charge in [0.1, 0.15) is 0 Å². The van der Waals surface area contributed by atoms with Gasteiger partial charge in [-0.25, -0.2) is 14.6 Å². The van der Waals surface area contributed by atoms with Crippen molar-refractivity contribution in [3.8, 4) is 5.69 Å². The normalized spacial score (nSPS) is 14.8. The van der Waals surface area contributed by atoms with Crippen molar-refractivity contribution in [2.75, 3.05) is 13.1 Å². The summed E-state index contributed by atoms with van der Waals surface area (Å²) in [6, 6.07) is 6.89. The topological polar surface area (TPSA) is 76.8 Å². The minimum absolute atomic E-state index is 0.106. The van der Waals surface area contributed by atoms with Gasteiger partial charge in [0.2, 0.25) is 0 Å². The number of halogens is 2. The van der Waals surface area contributed by atoms with Crippen LogP contribution in [-0.4, -0.2) is 48.9 Å². The van der Waals surface area contributed by atoms with Crippen LogP contribution in [0, 0.1) is 5.92 Å². The van der Waals surface area contributed by atoms with Gasteiger partial charge in [-0.1, -0.05) is 47.1 Å². The summed E-state index contributed by atoms with van der Waals surface area (Å²) in [7, 11) is 0. The number of hydrogen-bond acceptors (Lipinski definition) is 6. The van der Waals surface area contributed by atoms with Crippen molar-refractivity contribution in [1.82, 2.24) is 29.9 Å². The maximum Gasteiger partial charge on any atom is 0.276 e. The van der Waals surface area contributed by atoms with E-state index in [9.17, 15) is 4.79 Å². The van der Waals surface area contributed by atoms with Crippen LogP contribution in [0.3, 0.4) is 0 Å². The number of hydrogen-bond donors (Lipinski definition) is 0. The average molecular weight is 463 g/mol. The highest BCUT2D eigenvalue weighted by molar-refractivity contribution is 7.98. The minimum Gasteiger partial charge on any atom is -0.337 e. The van der Waals surface area contributed by atoms with Crippen molar-refractivity contribution in [2.45, 2.75) is 30.7 Å². The van der Waals surface area contributed by atoms with Gasteiger partial charge in [-0.2, -0.15) is 0 Å². The fourth-order valence-corrected chi connectivity index (χ4v) is 4.63. The van der Waals surface area contributed by atoms with E-state index in [0.29, 0.717) is 43.9 Å². The zero-order valence-electron chi connectivity index (χ0n) is 16.3. The van der Waals surface area contributed by atoms with Crippen LogP contribution in [0.25, 0.3) is 5.69 Å². The molecule has 0 atom stereocenters. The first-order valence-corrected chi connectivity index (χ1v) is 11.4. The van der Waals surface area contributed by atoms with E-state index in [4.69, 9.17) is 23.2 Å². The third-order valence-electron chi connectivity index (χ3n) is 5.01. The van der Waals surface area contributed by atoms with Crippen LogP contribution in [0.1, 0.15) is 35.9 Å². The number of piperidine rings is 1. The number of benzene rings is 1. The highest BCUT2D eigenvalue weighted by Gasteiger charge is 2.28. The molecule has 10 heteroatoms. The number of carbonyl (C=O) groups excluding carboxylic acids is 1. The molecule has 0 aliphatic carbocycles. The second-order valence-electron chi connectivity index (χ2n) is 7.22. The monoisotopic (exact) mass is 462 g/mol. The quantitative estimate of drug-likeness (QED) is 0.409. The second-order valence-corrected chi connectivity index (χ2v) is 9.03. The van der Waals surface area contributed by atoms with Crippen molar-refractivity contribution in [3.63, 3.8) is 0 Å². The first kappa shape index (κ1) is 21.1. The maximum absolute atomic E-state index is 13.2. The first-order chi connectivity index (χ1) is 14.5. The standard InChI is InChI=1S/C20H20Cl2N6OS/c1-13-3-7-27(8-4-13)19(29)18-17(12-30-20-23-5-2-6-24-20)28(26-25-18)16-10-14(21)9-15(22)11-16/h2,5-6,9-11,13H,3-4,7-8,12H2,1H3. The van der Waals surface area contributed by atoms with E-state index in [1.54, 1.807) is 41.3 Å². The molecule has 1 aromatic carbocycles. The number of carbonyl (C=O) groups is 1. The highest BCUT2D eigenvalue weighted by Crippen LogP contribution is 2.27. The van der Waals surface area contributed by atoms with Crippen LogP contribution in [0.5, 0.6) is 0 Å². The summed E-state index contributed by atoms with van der Waals surface area (Å²) in [6.45, 7) is 3.66. The summed E-state index contributed by atoms with van der Waals surface area (Å²) in [6.07, 6.45) is 5.35. The fourth-order valence-electron chi connectivity index (χ4n) is 3.32. The average Bonchev–Trinajstić information content (AvgIpc) is 3.16. The summed E-state index contributed by atoms with van der Waals surface area (Å²) in [4.78, 5) is 23.6. The van der Waals surface area contributed by atoms with Gasteiger partial charge >= 0.3 is 0 Å². The Morgan fingerprint density at radius 1 is 1.13 bits per heavy atom. The Kier molecular flexibility index (Phi) is 6.55. The van der Waals surface area contributed by atoms with E-state index in [-0.39, 0.29) is 5.91 Å². The lowest BCUT2D eigenvalue weighted by Gasteiger charge is -2.29. The summed E-state index contributed by atoms with van der Waals surface area (Å²) < 4.78 is 1.62. The lowest BCUT2D eigenvalue weighted by atomic mass is 9.99. The zero-order valence-corrected chi connectivity index (χ0v) is 18.7. The number of amides is 1. The lowest BCUT2D eigenvalue weighted by Crippen LogP contribution is -2.38. The van der Waals surface area contributed by atoms with Gasteiger partial charge in [-0.15, -0.1) is 5.10 Å². The molecule has 0 bridgehead atoms. The van der Waals surface area contributed by atoms with E-state index >= 15 is 0 Å². The predicted octanol–water partition coefficient (Wildman–Crippen LogP) is 4.53. The number of rotatable bonds is 5. The summed E-state index contributed by atoms with van der Waals surface area (Å²) in [5, 5.41) is 10.1. The molecule has 1 amide bonds. The zero-order chi connectivity index (χ0) is 21.1. The van der Waals surface area contributed by atoms with Gasteiger partial charge in [0, 0.05) is 41.3 Å². The third kappa shape index (κ3) is 4.77. The molecule has 1 saturated heterocycles. The molecule has 7 nitrogen and oxygen atoms in total. The van der Waals surface area contributed by atoms with E-state index in [0.717, 1.165) is 25.9 Å². The smallest absolute Gasteiger partial charge is 0.276 e. The SMILES string of the molecule is CC1CCN(C(=O)c2nnn(-c3cc(Cl)cc(Cl)c3)c2CSc2ncccn2)CC1. The van der Waals surface area contributed by atoms with Crippen LogP contribution in [0.2, 0.25) is 10.0 Å². The number of likely N-dealkylation sites (tertiary alicyclic amines) is 1. The largest absolute Gasteiger partial charge is 0.337 e. The Morgan fingerprint density at radius 3 is 2.47 bits per heavy atom. The predicted molar refractivity (Wildman–Crippen MR) is 117 cm³/mol. The first-order valence-electron chi connectivity index (χ1n) is 9.61. The molecule has 3 heterocycles. The molecule has 0 saturated carbocycles. The Morgan fingerprint density at radius 2 is 1.80 bits per heavy atom. The maximum atomic E-state index is 13.2. The molecular weight excluding hydrogens is 443 g/mol. The molecule has 0 spiro atoms. The molecule has 2 aromatic heterocycles. The van der Waals surface area contributed by atoms with Crippen molar-refractivity contribution >= 4 is 40.9 Å². The van der Waals surface area contributed by atoms with E-state index < -0.39 is 0 Å². The lowest BCUT2D eigenvalue weighted by molar-refractivity contribution is 0.0690. The van der Waals surface area contributed by atoms with Crippen LogP contribution < -0.4 is 0 Å². The molecule has 156 valence electrons. The molecule has 4 rings (SSSR count). The molecule has 1 fully saturated rings. The van der Waals surface area contributed by atoms with E-state index in [2.05, 4.69) is 27.2 Å². The molecule has 3 aromatic rings. The molecule has 0 unspecified atom stereocenters. The van der Waals surface area contributed by atoms with Crippen LogP contribution in [-0.2, 0) is 5.75 Å². The van der Waals surface area contributed by atoms with Crippen molar-refractivity contribution in [2.24, 2.45) is 5.92 Å². The molecular formula is C20H20Cl2N6OS. The van der Waals surface area contributed by atoms with Crippen LogP contribution >= 0.6 is 35.0 Å². The fraction of sp³-hybridized carbons (Fsp3) is 0.350. The van der Waals surface area contributed by atoms with E-state index in [1.807, 2.05) is 4.90 Å². The van der Waals surface area contributed by atoms with Gasteiger partial charge in [0.25, 0.3) is 5.91 Å². The van der Waals surface area contributed by atoms with Gasteiger partial charge in [-0.3, -0.25) is 4.79 Å². The molecule has 0 N–H and O–H groups in total. The van der Waals surface area contributed by atoms with Gasteiger partial charge in [0.05, 0.1) is 11.4 Å². The Labute approximate surface area is 188 Å². The number of nitrogens with zero attached hydrogens (tertiary/aromatic N) is 6. The van der Waals surface area contributed by atoms with Crippen LogP contribution in [0.15, 0.2) is 41.8 Å². The summed E-state index contributed by atoms with van der Waals surface area (Å²) in [5.41, 5.74) is 1.65. The molecule has 0 radical (unpaired) electrons. The van der Waals surface area contributed by atoms with Gasteiger partial charge in [-0.05, 0) is 43.0 Å². The minimum atomic E-state index is -0.106. The van der Waals surface area contributed by atoms with Gasteiger partial charge in [0.15, 0.2) is 10.9 Å². The summed E-state index contributed by atoms with van der Waals surface area (Å²) in [5.74, 6) is 0.946. The second kappa shape index (κ2) is 9.32. The van der Waals surface area contributed by atoms with E-state index in [1.165, 1.54) is 11.8 Å². The Bertz CT molecular complexity index is 1020. The van der Waals surface area contributed by atoms with Crippen molar-refractivity contribution < 1.29 is 4.79 Å². The molecule has 30 heavy (non-hydrogen) atoms.